The molecule has 0 spiro atoms. The van der Waals surface area contributed by atoms with E-state index in [2.05, 4.69) is 36.0 Å². The van der Waals surface area contributed by atoms with Crippen molar-refractivity contribution in [2.75, 3.05) is 26.2 Å². The first-order valence-electron chi connectivity index (χ1n) is 14.8. The van der Waals surface area contributed by atoms with Gasteiger partial charge in [-0.3, -0.25) is 14.5 Å². The number of aliphatic hydroxyl groups is 1. The predicted octanol–water partition coefficient (Wildman–Crippen LogP) is 3.73. The number of rotatable bonds is 8. The van der Waals surface area contributed by atoms with Crippen molar-refractivity contribution in [2.24, 2.45) is 0 Å². The Morgan fingerprint density at radius 2 is 1.93 bits per heavy atom. The molecule has 44 heavy (non-hydrogen) atoms. The molecule has 0 radical (unpaired) electrons. The van der Waals surface area contributed by atoms with Crippen molar-refractivity contribution in [2.45, 2.75) is 68.6 Å². The van der Waals surface area contributed by atoms with E-state index in [0.29, 0.717) is 63.6 Å². The Labute approximate surface area is 251 Å². The molecule has 0 aromatic carbocycles. The number of hydrogen-bond acceptors (Lipinski definition) is 9. The summed E-state index contributed by atoms with van der Waals surface area (Å²) in [7, 11) is 0. The minimum Gasteiger partial charge on any atom is -0.474 e. The third-order valence-electron chi connectivity index (χ3n) is 9.04. The summed E-state index contributed by atoms with van der Waals surface area (Å²) in [4.78, 5) is 19.8. The Kier molecular flexibility index (Phi) is 7.26. The summed E-state index contributed by atoms with van der Waals surface area (Å²) < 4.78 is 48.6. The third kappa shape index (κ3) is 5.51. The smallest absolute Gasteiger partial charge is 0.433 e. The van der Waals surface area contributed by atoms with Crippen LogP contribution < -0.4 is 4.74 Å². The van der Waals surface area contributed by atoms with Gasteiger partial charge in [0.05, 0.1) is 30.5 Å². The maximum atomic E-state index is 13.6. The van der Waals surface area contributed by atoms with Crippen LogP contribution in [-0.4, -0.2) is 89.1 Å². The van der Waals surface area contributed by atoms with Gasteiger partial charge in [0, 0.05) is 68.2 Å². The van der Waals surface area contributed by atoms with Gasteiger partial charge < -0.3 is 14.8 Å². The van der Waals surface area contributed by atoms with Crippen molar-refractivity contribution in [1.29, 1.82) is 5.26 Å². The first kappa shape index (κ1) is 28.7. The first-order valence-corrected chi connectivity index (χ1v) is 14.8. The number of alkyl halides is 3. The number of H-pyrrole nitrogens is 1. The van der Waals surface area contributed by atoms with Gasteiger partial charge in [-0.05, 0) is 43.4 Å². The van der Waals surface area contributed by atoms with Crippen LogP contribution in [0.5, 0.6) is 5.88 Å². The van der Waals surface area contributed by atoms with Crippen LogP contribution in [-0.2, 0) is 18.3 Å². The molecule has 1 saturated carbocycles. The zero-order valence-corrected chi connectivity index (χ0v) is 23.9. The molecule has 4 aromatic heterocycles. The fourth-order valence-electron chi connectivity index (χ4n) is 6.74. The normalized spacial score (nSPS) is 22.8. The number of halogens is 3. The van der Waals surface area contributed by atoms with Crippen LogP contribution in [0.3, 0.4) is 0 Å². The maximum Gasteiger partial charge on any atom is 0.433 e. The molecule has 0 atom stereocenters. The number of ether oxygens (including phenoxy) is 1. The van der Waals surface area contributed by atoms with E-state index in [1.807, 2.05) is 28.0 Å². The summed E-state index contributed by atoms with van der Waals surface area (Å²) in [6.07, 6.45) is 5.23. The highest BCUT2D eigenvalue weighted by atomic mass is 19.4. The van der Waals surface area contributed by atoms with Gasteiger partial charge in [0.2, 0.25) is 5.88 Å². The average Bonchev–Trinajstić information content (AvgIpc) is 3.64. The second-order valence-corrected chi connectivity index (χ2v) is 12.2. The van der Waals surface area contributed by atoms with E-state index in [1.165, 1.54) is 6.33 Å². The van der Waals surface area contributed by atoms with E-state index in [-0.39, 0.29) is 12.0 Å². The number of fused-ring (bicyclic) bond motifs is 1. The van der Waals surface area contributed by atoms with Gasteiger partial charge in [0.25, 0.3) is 0 Å². The highest BCUT2D eigenvalue weighted by Gasteiger charge is 2.48. The van der Waals surface area contributed by atoms with Crippen LogP contribution in [0.1, 0.15) is 43.4 Å². The number of aromatic nitrogens is 6. The number of nitrogens with one attached hydrogen (secondary N) is 1. The Morgan fingerprint density at radius 1 is 1.14 bits per heavy atom. The summed E-state index contributed by atoms with van der Waals surface area (Å²) in [6, 6.07) is 7.20. The fourth-order valence-corrected chi connectivity index (χ4v) is 6.74. The molecular formula is C30H32F3N9O2. The molecule has 1 aliphatic carbocycles. The summed E-state index contributed by atoms with van der Waals surface area (Å²) in [5.41, 5.74) is 1.46. The molecule has 6 heterocycles. The van der Waals surface area contributed by atoms with Gasteiger partial charge in [-0.2, -0.15) is 23.5 Å². The van der Waals surface area contributed by atoms with Gasteiger partial charge in [0.15, 0.2) is 0 Å². The van der Waals surface area contributed by atoms with Crippen molar-refractivity contribution in [3.63, 3.8) is 0 Å². The molecule has 2 saturated heterocycles. The zero-order valence-electron chi connectivity index (χ0n) is 23.9. The predicted molar refractivity (Wildman–Crippen MR) is 152 cm³/mol. The number of likely N-dealkylation sites (tertiary alicyclic amines) is 2. The molecule has 14 heteroatoms. The van der Waals surface area contributed by atoms with Crippen molar-refractivity contribution in [3.8, 4) is 23.2 Å². The van der Waals surface area contributed by atoms with Crippen molar-refractivity contribution >= 4 is 11.0 Å². The number of nitrogens with zero attached hydrogens (tertiary/aromatic N) is 8. The lowest BCUT2D eigenvalue weighted by Gasteiger charge is -2.53. The summed E-state index contributed by atoms with van der Waals surface area (Å²) in [5.74, 6) is -0.00794. The summed E-state index contributed by atoms with van der Waals surface area (Å²) in [5, 5.41) is 24.7. The molecular weight excluding hydrogens is 575 g/mol. The average molecular weight is 608 g/mol. The Bertz CT molecular complexity index is 1680. The monoisotopic (exact) mass is 607 g/mol. The first-order chi connectivity index (χ1) is 21.2. The molecule has 2 aliphatic heterocycles. The summed E-state index contributed by atoms with van der Waals surface area (Å²) in [6.45, 7) is 2.56. The second-order valence-electron chi connectivity index (χ2n) is 12.2. The Morgan fingerprint density at radius 3 is 2.66 bits per heavy atom. The second kappa shape index (κ2) is 11.1. The van der Waals surface area contributed by atoms with Crippen molar-refractivity contribution < 1.29 is 23.0 Å². The molecule has 11 nitrogen and oxygen atoms in total. The highest BCUT2D eigenvalue weighted by Crippen LogP contribution is 2.39. The molecule has 230 valence electrons. The van der Waals surface area contributed by atoms with Gasteiger partial charge in [0.1, 0.15) is 29.3 Å². The highest BCUT2D eigenvalue weighted by molar-refractivity contribution is 5.90. The van der Waals surface area contributed by atoms with Crippen LogP contribution in [0.4, 0.5) is 13.2 Å². The van der Waals surface area contributed by atoms with E-state index in [1.54, 1.807) is 12.3 Å². The Balaban J connectivity index is 0.981. The molecule has 0 bridgehead atoms. The van der Waals surface area contributed by atoms with E-state index in [0.717, 1.165) is 41.2 Å². The molecule has 0 amide bonds. The molecule has 0 unspecified atom stereocenters. The number of hydrogen-bond donors (Lipinski definition) is 2. The lowest BCUT2D eigenvalue weighted by atomic mass is 9.82. The molecule has 3 fully saturated rings. The fraction of sp³-hybridized carbons (Fsp3) is 0.500. The standard InChI is InChI=1S/C30H32F3N9O2/c31-30(32,33)25-9-19(12-40-14-22(43)15-40)10-26(39-25)44-23-3-1-21(2-4-23)41-16-29(17-41,6-7-34)42-13-20(11-38-42)27-24-5-8-35-28(24)37-18-36-27/h5,8-11,13,18,21-23,43H,1-4,6,12,14-17H2,(H,35,36,37). The van der Waals surface area contributed by atoms with Gasteiger partial charge in [-0.25, -0.2) is 15.0 Å². The quantitative estimate of drug-likeness (QED) is 0.308. The van der Waals surface area contributed by atoms with E-state index in [4.69, 9.17) is 4.74 Å². The van der Waals surface area contributed by atoms with Gasteiger partial charge in [-0.15, -0.1) is 0 Å². The number of β-amino-alcohol motifs (C(OH)–C–C–N with tert-alkyl or cyclic N) is 1. The van der Waals surface area contributed by atoms with Crippen LogP contribution in [0.25, 0.3) is 22.3 Å². The molecule has 3 aliphatic rings. The summed E-state index contributed by atoms with van der Waals surface area (Å²) >= 11 is 0. The maximum absolute atomic E-state index is 13.6. The van der Waals surface area contributed by atoms with E-state index < -0.39 is 23.5 Å². The SMILES string of the molecule is N#CCC1(n2cc(-c3ncnc4[nH]ccc34)cn2)CN(C2CCC(Oc3cc(CN4CC(O)C4)cc(C(F)(F)F)n3)CC2)C1. The van der Waals surface area contributed by atoms with Crippen LogP contribution in [0.2, 0.25) is 0 Å². The lowest BCUT2D eigenvalue weighted by molar-refractivity contribution is -0.141. The van der Waals surface area contributed by atoms with E-state index >= 15 is 0 Å². The molecule has 2 N–H and O–H groups in total. The number of aliphatic hydroxyl groups excluding tert-OH is 1. The minimum atomic E-state index is -4.58. The van der Waals surface area contributed by atoms with Crippen molar-refractivity contribution in [1.82, 2.24) is 39.5 Å². The molecule has 4 aromatic rings. The lowest BCUT2D eigenvalue weighted by Crippen LogP contribution is -2.65. The largest absolute Gasteiger partial charge is 0.474 e. The zero-order chi connectivity index (χ0) is 30.5. The molecule has 7 rings (SSSR count). The van der Waals surface area contributed by atoms with Crippen LogP contribution >= 0.6 is 0 Å². The van der Waals surface area contributed by atoms with Crippen molar-refractivity contribution in [3.05, 3.63) is 54.4 Å². The number of aromatic amines is 1. The van der Waals surface area contributed by atoms with Crippen LogP contribution in [0.15, 0.2) is 43.1 Å². The number of nitriles is 1. The third-order valence-corrected chi connectivity index (χ3v) is 9.04. The Hall–Kier alpha value is -4.06. The van der Waals surface area contributed by atoms with E-state index in [9.17, 15) is 23.5 Å². The number of pyridine rings is 1. The van der Waals surface area contributed by atoms with Gasteiger partial charge >= 0.3 is 6.18 Å². The topological polar surface area (TPSA) is 132 Å². The van der Waals surface area contributed by atoms with Crippen LogP contribution in [0, 0.1) is 11.3 Å². The minimum absolute atomic E-state index is 0.00794. The van der Waals surface area contributed by atoms with Gasteiger partial charge in [-0.1, -0.05) is 0 Å².